The molecule has 0 radical (unpaired) electrons. The van der Waals surface area contributed by atoms with Crippen LogP contribution in [0.1, 0.15) is 32.3 Å². The van der Waals surface area contributed by atoms with Crippen molar-refractivity contribution in [1.82, 2.24) is 15.1 Å². The number of hydrogen-bond acceptors (Lipinski definition) is 3. The van der Waals surface area contributed by atoms with Crippen molar-refractivity contribution in [2.24, 2.45) is 0 Å². The van der Waals surface area contributed by atoms with Crippen molar-refractivity contribution in [3.8, 4) is 0 Å². The van der Waals surface area contributed by atoms with E-state index in [-0.39, 0.29) is 0 Å². The van der Waals surface area contributed by atoms with Crippen molar-refractivity contribution >= 4 is 0 Å². The van der Waals surface area contributed by atoms with Crippen LogP contribution in [-0.2, 0) is 6.54 Å². The number of likely N-dealkylation sites (tertiary alicyclic amines) is 1. The summed E-state index contributed by atoms with van der Waals surface area (Å²) in [6.07, 6.45) is 2.65. The first-order valence-corrected chi connectivity index (χ1v) is 8.48. The Hall–Kier alpha value is -0.900. The third kappa shape index (κ3) is 3.85. The summed E-state index contributed by atoms with van der Waals surface area (Å²) in [5, 5.41) is 3.59. The lowest BCUT2D eigenvalue weighted by Crippen LogP contribution is -2.59. The van der Waals surface area contributed by atoms with Gasteiger partial charge < -0.3 is 5.32 Å². The van der Waals surface area contributed by atoms with E-state index >= 15 is 0 Å². The highest BCUT2D eigenvalue weighted by Gasteiger charge is 2.31. The van der Waals surface area contributed by atoms with E-state index in [4.69, 9.17) is 0 Å². The van der Waals surface area contributed by atoms with Gasteiger partial charge in [-0.15, -0.1) is 0 Å². The topological polar surface area (TPSA) is 18.5 Å². The standard InChI is InChI=1S/C18H29N3/c1-15-13-21(16(2)12-19-15)18-8-10-20(11-9-18)14-17-6-4-3-5-7-17/h3-7,15-16,18-19H,8-14H2,1-2H3. The molecule has 0 spiro atoms. The zero-order chi connectivity index (χ0) is 14.7. The summed E-state index contributed by atoms with van der Waals surface area (Å²) < 4.78 is 0. The van der Waals surface area contributed by atoms with Crippen LogP contribution in [0, 0.1) is 0 Å². The van der Waals surface area contributed by atoms with Gasteiger partial charge in [0.25, 0.3) is 0 Å². The molecule has 2 heterocycles. The summed E-state index contributed by atoms with van der Waals surface area (Å²) in [5.74, 6) is 0. The van der Waals surface area contributed by atoms with Crippen LogP contribution >= 0.6 is 0 Å². The van der Waals surface area contributed by atoms with Gasteiger partial charge in [0.2, 0.25) is 0 Å². The van der Waals surface area contributed by atoms with E-state index in [9.17, 15) is 0 Å². The fraction of sp³-hybridized carbons (Fsp3) is 0.667. The summed E-state index contributed by atoms with van der Waals surface area (Å²) >= 11 is 0. The normalized spacial score (nSPS) is 29.6. The van der Waals surface area contributed by atoms with E-state index in [1.165, 1.54) is 38.0 Å². The van der Waals surface area contributed by atoms with Gasteiger partial charge in [-0.25, -0.2) is 0 Å². The van der Waals surface area contributed by atoms with Gasteiger partial charge in [-0.1, -0.05) is 30.3 Å². The van der Waals surface area contributed by atoms with Gasteiger partial charge in [0.05, 0.1) is 0 Å². The second kappa shape index (κ2) is 6.91. The minimum atomic E-state index is 0.642. The number of piperazine rings is 1. The van der Waals surface area contributed by atoms with Gasteiger partial charge >= 0.3 is 0 Å². The van der Waals surface area contributed by atoms with Crippen LogP contribution in [0.4, 0.5) is 0 Å². The van der Waals surface area contributed by atoms with Crippen molar-refractivity contribution < 1.29 is 0 Å². The van der Waals surface area contributed by atoms with Crippen molar-refractivity contribution in [2.75, 3.05) is 26.2 Å². The number of benzene rings is 1. The molecule has 3 nitrogen and oxygen atoms in total. The summed E-state index contributed by atoms with van der Waals surface area (Å²) in [4.78, 5) is 5.36. The Morgan fingerprint density at radius 1 is 1.10 bits per heavy atom. The minimum absolute atomic E-state index is 0.642. The van der Waals surface area contributed by atoms with Crippen LogP contribution in [0.15, 0.2) is 30.3 Å². The van der Waals surface area contributed by atoms with Crippen molar-refractivity contribution in [3.05, 3.63) is 35.9 Å². The summed E-state index contributed by atoms with van der Waals surface area (Å²) in [6, 6.07) is 13.0. The predicted octanol–water partition coefficient (Wildman–Crippen LogP) is 2.33. The molecular weight excluding hydrogens is 258 g/mol. The molecule has 0 amide bonds. The van der Waals surface area contributed by atoms with Crippen molar-refractivity contribution in [3.63, 3.8) is 0 Å². The summed E-state index contributed by atoms with van der Waals surface area (Å²) in [7, 11) is 0. The number of nitrogens with zero attached hydrogens (tertiary/aromatic N) is 2. The molecule has 2 aliphatic heterocycles. The maximum Gasteiger partial charge on any atom is 0.0233 e. The van der Waals surface area contributed by atoms with E-state index < -0.39 is 0 Å². The van der Waals surface area contributed by atoms with Gasteiger partial charge in [-0.3, -0.25) is 9.80 Å². The average Bonchev–Trinajstić information content (AvgIpc) is 2.52. The van der Waals surface area contributed by atoms with Gasteiger partial charge in [-0.2, -0.15) is 0 Å². The molecule has 2 aliphatic rings. The lowest BCUT2D eigenvalue weighted by molar-refractivity contribution is 0.0498. The largest absolute Gasteiger partial charge is 0.311 e. The Bertz CT molecular complexity index is 425. The molecular formula is C18H29N3. The highest BCUT2D eigenvalue weighted by atomic mass is 15.3. The SMILES string of the molecule is CC1CN(C2CCN(Cc3ccccc3)CC2)C(C)CN1. The Morgan fingerprint density at radius 3 is 2.52 bits per heavy atom. The zero-order valence-electron chi connectivity index (χ0n) is 13.5. The molecule has 2 saturated heterocycles. The first-order valence-electron chi connectivity index (χ1n) is 8.48. The lowest BCUT2D eigenvalue weighted by Gasteiger charge is -2.45. The summed E-state index contributed by atoms with van der Waals surface area (Å²) in [6.45, 7) is 10.6. The highest BCUT2D eigenvalue weighted by Crippen LogP contribution is 2.22. The number of hydrogen-bond donors (Lipinski definition) is 1. The Labute approximate surface area is 129 Å². The van der Waals surface area contributed by atoms with Crippen LogP contribution in [-0.4, -0.2) is 54.1 Å². The van der Waals surface area contributed by atoms with Gasteiger partial charge in [0, 0.05) is 37.8 Å². The zero-order valence-corrected chi connectivity index (χ0v) is 13.5. The molecule has 1 aromatic rings. The van der Waals surface area contributed by atoms with Crippen LogP contribution in [0.5, 0.6) is 0 Å². The predicted molar refractivity (Wildman–Crippen MR) is 88.4 cm³/mol. The fourth-order valence-corrected chi connectivity index (χ4v) is 3.81. The van der Waals surface area contributed by atoms with E-state index in [1.54, 1.807) is 0 Å². The molecule has 3 rings (SSSR count). The van der Waals surface area contributed by atoms with E-state index in [0.717, 1.165) is 19.1 Å². The monoisotopic (exact) mass is 287 g/mol. The van der Waals surface area contributed by atoms with Crippen LogP contribution in [0.3, 0.4) is 0 Å². The van der Waals surface area contributed by atoms with Crippen LogP contribution in [0.25, 0.3) is 0 Å². The van der Waals surface area contributed by atoms with Gasteiger partial charge in [0.1, 0.15) is 0 Å². The number of rotatable bonds is 3. The van der Waals surface area contributed by atoms with Crippen LogP contribution < -0.4 is 5.32 Å². The third-order valence-corrected chi connectivity index (χ3v) is 5.09. The summed E-state index contributed by atoms with van der Waals surface area (Å²) in [5.41, 5.74) is 1.44. The molecule has 2 atom stereocenters. The maximum absolute atomic E-state index is 3.59. The molecule has 0 aromatic heterocycles. The van der Waals surface area contributed by atoms with Crippen molar-refractivity contribution in [1.29, 1.82) is 0 Å². The highest BCUT2D eigenvalue weighted by molar-refractivity contribution is 5.14. The average molecular weight is 287 g/mol. The van der Waals surface area contributed by atoms with Crippen LogP contribution in [0.2, 0.25) is 0 Å². The molecule has 0 bridgehead atoms. The maximum atomic E-state index is 3.59. The molecule has 1 N–H and O–H groups in total. The first kappa shape index (κ1) is 15.0. The molecule has 0 aliphatic carbocycles. The minimum Gasteiger partial charge on any atom is -0.311 e. The third-order valence-electron chi connectivity index (χ3n) is 5.09. The van der Waals surface area contributed by atoms with E-state index in [2.05, 4.69) is 59.3 Å². The molecule has 2 fully saturated rings. The lowest BCUT2D eigenvalue weighted by atomic mass is 9.98. The molecule has 2 unspecified atom stereocenters. The number of piperidine rings is 1. The molecule has 1 aromatic carbocycles. The second-order valence-electron chi connectivity index (χ2n) is 6.85. The Kier molecular flexibility index (Phi) is 4.94. The Morgan fingerprint density at radius 2 is 1.81 bits per heavy atom. The molecule has 0 saturated carbocycles. The van der Waals surface area contributed by atoms with Gasteiger partial charge in [-0.05, 0) is 45.3 Å². The molecule has 21 heavy (non-hydrogen) atoms. The van der Waals surface area contributed by atoms with Gasteiger partial charge in [0.15, 0.2) is 0 Å². The second-order valence-corrected chi connectivity index (χ2v) is 6.85. The fourth-order valence-electron chi connectivity index (χ4n) is 3.81. The molecule has 116 valence electrons. The van der Waals surface area contributed by atoms with E-state index in [0.29, 0.717) is 12.1 Å². The number of nitrogens with one attached hydrogen (secondary N) is 1. The smallest absolute Gasteiger partial charge is 0.0233 e. The van der Waals surface area contributed by atoms with E-state index in [1.807, 2.05) is 0 Å². The Balaban J connectivity index is 1.50. The quantitative estimate of drug-likeness (QED) is 0.920. The first-order chi connectivity index (χ1) is 10.2. The van der Waals surface area contributed by atoms with Crippen molar-refractivity contribution in [2.45, 2.75) is 51.4 Å². The molecule has 3 heteroatoms.